The average Bonchev–Trinajstić information content (AvgIpc) is 2.89. The molecular weight excluding hydrogens is 349 g/mol. The highest BCUT2D eigenvalue weighted by Crippen LogP contribution is 2.36. The Labute approximate surface area is 153 Å². The second kappa shape index (κ2) is 6.05. The third-order valence-corrected chi connectivity index (χ3v) is 4.77. The normalized spacial score (nSPS) is 11.4. The lowest BCUT2D eigenvalue weighted by molar-refractivity contribution is -0.137. The van der Waals surface area contributed by atoms with Gasteiger partial charge in [0.1, 0.15) is 18.1 Å². The fourth-order valence-corrected chi connectivity index (χ4v) is 3.58. The second-order valence-corrected chi connectivity index (χ2v) is 6.42. The van der Waals surface area contributed by atoms with E-state index in [0.717, 1.165) is 0 Å². The fourth-order valence-electron chi connectivity index (χ4n) is 3.58. The lowest BCUT2D eigenvalue weighted by Gasteiger charge is -2.09. The molecule has 2 aromatic heterocycles. The van der Waals surface area contributed by atoms with Crippen LogP contribution in [0.4, 0.5) is 4.39 Å². The first-order valence-corrected chi connectivity index (χ1v) is 8.35. The number of aromatic nitrogens is 3. The Morgan fingerprint density at radius 2 is 1.85 bits per heavy atom. The van der Waals surface area contributed by atoms with Crippen molar-refractivity contribution in [3.05, 3.63) is 64.3 Å². The molecule has 0 spiro atoms. The molecule has 0 aliphatic heterocycles. The van der Waals surface area contributed by atoms with E-state index in [4.69, 9.17) is 0 Å². The first-order valence-electron chi connectivity index (χ1n) is 8.35. The minimum atomic E-state index is -0.996. The molecule has 0 saturated carbocycles. The van der Waals surface area contributed by atoms with Gasteiger partial charge in [0.15, 0.2) is 0 Å². The maximum atomic E-state index is 14.0. The number of halogens is 1. The summed E-state index contributed by atoms with van der Waals surface area (Å²) in [4.78, 5) is 23.8. The highest BCUT2D eigenvalue weighted by atomic mass is 19.1. The quantitative estimate of drug-likeness (QED) is 0.605. The molecule has 0 radical (unpaired) electrons. The molecule has 7 heteroatoms. The Balaban J connectivity index is 2.18. The van der Waals surface area contributed by atoms with E-state index in [1.807, 2.05) is 0 Å². The van der Waals surface area contributed by atoms with E-state index < -0.39 is 11.8 Å². The van der Waals surface area contributed by atoms with E-state index in [-0.39, 0.29) is 12.1 Å². The number of hydrogen-bond donors (Lipinski definition) is 1. The Kier molecular flexibility index (Phi) is 3.80. The van der Waals surface area contributed by atoms with Gasteiger partial charge in [-0.1, -0.05) is 18.2 Å². The molecule has 0 aliphatic carbocycles. The van der Waals surface area contributed by atoms with Gasteiger partial charge in [0.25, 0.3) is 5.56 Å². The first-order chi connectivity index (χ1) is 12.9. The van der Waals surface area contributed by atoms with Gasteiger partial charge in [-0.15, -0.1) is 0 Å². The van der Waals surface area contributed by atoms with Crippen molar-refractivity contribution in [1.82, 2.24) is 14.3 Å². The van der Waals surface area contributed by atoms with Gasteiger partial charge in [-0.05, 0) is 31.2 Å². The molecule has 4 rings (SSSR count). The number of carbonyl (C=O) groups is 1. The maximum Gasteiger partial charge on any atom is 0.323 e. The number of carboxylic acid groups (broad SMARTS) is 1. The summed E-state index contributed by atoms with van der Waals surface area (Å²) in [6.07, 6.45) is 0. The number of carboxylic acids is 1. The molecule has 0 amide bonds. The van der Waals surface area contributed by atoms with E-state index in [2.05, 4.69) is 5.10 Å². The molecule has 136 valence electrons. The van der Waals surface area contributed by atoms with E-state index in [1.54, 1.807) is 48.9 Å². The zero-order valence-electron chi connectivity index (χ0n) is 14.7. The monoisotopic (exact) mass is 365 g/mol. The summed E-state index contributed by atoms with van der Waals surface area (Å²) in [6, 6.07) is 11.3. The van der Waals surface area contributed by atoms with Crippen molar-refractivity contribution in [2.45, 2.75) is 13.5 Å². The zero-order chi connectivity index (χ0) is 19.3. The number of aryl methyl sites for hydroxylation is 1. The van der Waals surface area contributed by atoms with Crippen molar-refractivity contribution in [3.63, 3.8) is 0 Å². The third-order valence-electron chi connectivity index (χ3n) is 4.77. The molecule has 0 unspecified atom stereocenters. The minimum Gasteiger partial charge on any atom is -0.480 e. The minimum absolute atomic E-state index is 0.229. The smallest absolute Gasteiger partial charge is 0.323 e. The van der Waals surface area contributed by atoms with Crippen LogP contribution in [0.2, 0.25) is 0 Å². The topological polar surface area (TPSA) is 77.1 Å². The van der Waals surface area contributed by atoms with Crippen LogP contribution in [-0.2, 0) is 18.4 Å². The Morgan fingerprint density at radius 3 is 2.56 bits per heavy atom. The van der Waals surface area contributed by atoms with Crippen LogP contribution >= 0.6 is 0 Å². The molecular formula is C20H16FN3O3. The summed E-state index contributed by atoms with van der Waals surface area (Å²) in [5.41, 5.74) is 2.16. The molecule has 2 aromatic carbocycles. The molecule has 27 heavy (non-hydrogen) atoms. The zero-order valence-corrected chi connectivity index (χ0v) is 14.7. The van der Waals surface area contributed by atoms with Crippen LogP contribution in [-0.4, -0.2) is 25.4 Å². The first kappa shape index (κ1) is 17.0. The SMILES string of the molecule is Cc1c(-c2nn(C)c(=O)c3ccccc23)c2cc(F)ccc2n1CC(=O)O. The molecule has 6 nitrogen and oxygen atoms in total. The number of benzene rings is 2. The van der Waals surface area contributed by atoms with E-state index in [9.17, 15) is 19.1 Å². The number of hydrogen-bond acceptors (Lipinski definition) is 3. The predicted octanol–water partition coefficient (Wildman–Crippen LogP) is 3.09. The van der Waals surface area contributed by atoms with Crippen LogP contribution in [0.15, 0.2) is 47.3 Å². The fraction of sp³-hybridized carbons (Fsp3) is 0.150. The van der Waals surface area contributed by atoms with E-state index in [0.29, 0.717) is 38.6 Å². The second-order valence-electron chi connectivity index (χ2n) is 6.42. The summed E-state index contributed by atoms with van der Waals surface area (Å²) >= 11 is 0. The van der Waals surface area contributed by atoms with Gasteiger partial charge in [0, 0.05) is 34.6 Å². The Bertz CT molecular complexity index is 1290. The lowest BCUT2D eigenvalue weighted by Crippen LogP contribution is -2.20. The molecule has 2 heterocycles. The van der Waals surface area contributed by atoms with E-state index in [1.165, 1.54) is 16.8 Å². The highest BCUT2D eigenvalue weighted by molar-refractivity contribution is 6.05. The molecule has 0 bridgehead atoms. The maximum absolute atomic E-state index is 14.0. The van der Waals surface area contributed by atoms with Gasteiger partial charge < -0.3 is 9.67 Å². The number of nitrogens with zero attached hydrogens (tertiary/aromatic N) is 3. The van der Waals surface area contributed by atoms with Crippen LogP contribution in [0.3, 0.4) is 0 Å². The highest BCUT2D eigenvalue weighted by Gasteiger charge is 2.21. The average molecular weight is 365 g/mol. The molecule has 0 atom stereocenters. The molecule has 0 saturated heterocycles. The van der Waals surface area contributed by atoms with Crippen molar-refractivity contribution in [2.75, 3.05) is 0 Å². The van der Waals surface area contributed by atoms with Gasteiger partial charge in [-0.2, -0.15) is 5.10 Å². The summed E-state index contributed by atoms with van der Waals surface area (Å²) in [5, 5.41) is 15.4. The molecule has 1 N–H and O–H groups in total. The van der Waals surface area contributed by atoms with Crippen LogP contribution in [0, 0.1) is 12.7 Å². The number of fused-ring (bicyclic) bond motifs is 2. The standard InChI is InChI=1S/C20H16FN3O3/c1-11-18(15-9-12(21)7-8-16(15)24(11)10-17(25)26)19-13-5-3-4-6-14(13)20(27)23(2)22-19/h3-9H,10H2,1-2H3,(H,25,26). The van der Waals surface area contributed by atoms with Crippen molar-refractivity contribution in [2.24, 2.45) is 7.05 Å². The predicted molar refractivity (Wildman–Crippen MR) is 100 cm³/mol. The number of aliphatic carboxylic acids is 1. The summed E-state index contributed by atoms with van der Waals surface area (Å²) < 4.78 is 16.9. The van der Waals surface area contributed by atoms with Crippen molar-refractivity contribution < 1.29 is 14.3 Å². The Hall–Kier alpha value is -3.48. The van der Waals surface area contributed by atoms with Crippen molar-refractivity contribution in [3.8, 4) is 11.3 Å². The van der Waals surface area contributed by atoms with Gasteiger partial charge in [-0.3, -0.25) is 9.59 Å². The molecule has 0 aliphatic rings. The Morgan fingerprint density at radius 1 is 1.15 bits per heavy atom. The van der Waals surface area contributed by atoms with Gasteiger partial charge in [0.2, 0.25) is 0 Å². The molecule has 4 aromatic rings. The lowest BCUT2D eigenvalue weighted by atomic mass is 10.0. The van der Waals surface area contributed by atoms with Crippen LogP contribution in [0.5, 0.6) is 0 Å². The largest absolute Gasteiger partial charge is 0.480 e. The van der Waals surface area contributed by atoms with Gasteiger partial charge in [-0.25, -0.2) is 9.07 Å². The van der Waals surface area contributed by atoms with Gasteiger partial charge >= 0.3 is 5.97 Å². The number of rotatable bonds is 3. The summed E-state index contributed by atoms with van der Waals surface area (Å²) in [7, 11) is 1.56. The summed E-state index contributed by atoms with van der Waals surface area (Å²) in [5.74, 6) is -1.42. The van der Waals surface area contributed by atoms with Crippen LogP contribution < -0.4 is 5.56 Å². The van der Waals surface area contributed by atoms with E-state index >= 15 is 0 Å². The van der Waals surface area contributed by atoms with Crippen LogP contribution in [0.25, 0.3) is 32.9 Å². The van der Waals surface area contributed by atoms with Crippen molar-refractivity contribution in [1.29, 1.82) is 0 Å². The third kappa shape index (κ3) is 2.59. The summed E-state index contributed by atoms with van der Waals surface area (Å²) in [6.45, 7) is 1.52. The van der Waals surface area contributed by atoms with Crippen LogP contribution in [0.1, 0.15) is 5.69 Å². The van der Waals surface area contributed by atoms with Gasteiger partial charge in [0.05, 0.1) is 5.39 Å². The molecule has 0 fully saturated rings. The van der Waals surface area contributed by atoms with Crippen molar-refractivity contribution >= 4 is 27.6 Å².